The molecule has 0 N–H and O–H groups in total. The maximum Gasteiger partial charge on any atom is 0.306 e. The van der Waals surface area contributed by atoms with E-state index in [2.05, 4.69) is 111 Å². The van der Waals surface area contributed by atoms with Gasteiger partial charge in [-0.2, -0.15) is 0 Å². The molecule has 0 aliphatic heterocycles. The Bertz CT molecular complexity index is 1670. The Hall–Kier alpha value is -5.31. The summed E-state index contributed by atoms with van der Waals surface area (Å²) >= 11 is 0. The predicted octanol–water partition coefficient (Wildman–Crippen LogP) is 12.7. The van der Waals surface area contributed by atoms with Crippen molar-refractivity contribution >= 4 is 17.9 Å². The van der Waals surface area contributed by atoms with Gasteiger partial charge in [0.2, 0.25) is 0 Å². The van der Waals surface area contributed by atoms with E-state index in [1.165, 1.54) is 0 Å². The molecule has 0 heterocycles. The van der Waals surface area contributed by atoms with Crippen LogP contribution < -0.4 is 5.11 Å². The minimum Gasteiger partial charge on any atom is -0.544 e. The number of aliphatic carboxylic acids is 1. The van der Waals surface area contributed by atoms with E-state index < -0.39 is 24.1 Å². The first-order valence-corrected chi connectivity index (χ1v) is 24.3. The first-order valence-electron chi connectivity index (χ1n) is 24.3. The van der Waals surface area contributed by atoms with Gasteiger partial charge in [-0.05, 0) is 83.5 Å². The average molecular weight is 908 g/mol. The highest BCUT2D eigenvalue weighted by molar-refractivity contribution is 5.70. The lowest BCUT2D eigenvalue weighted by Crippen LogP contribution is -2.55. The quantitative estimate of drug-likeness (QED) is 0.0198. The maximum absolute atomic E-state index is 12.8. The van der Waals surface area contributed by atoms with Crippen LogP contribution in [0.5, 0.6) is 0 Å². The topological polar surface area (TPSA) is 102 Å². The van der Waals surface area contributed by atoms with Crippen molar-refractivity contribution in [3.05, 3.63) is 170 Å². The highest BCUT2D eigenvalue weighted by atomic mass is 16.6. The summed E-state index contributed by atoms with van der Waals surface area (Å²) in [7, 11) is 5.35. The number of rotatable bonds is 40. The molecule has 0 amide bonds. The zero-order valence-electron chi connectivity index (χ0n) is 41.3. The van der Waals surface area contributed by atoms with Crippen molar-refractivity contribution in [3.63, 3.8) is 0 Å². The molecule has 0 spiro atoms. The molecule has 0 saturated heterocycles. The van der Waals surface area contributed by atoms with Crippen LogP contribution in [0.25, 0.3) is 0 Å². The van der Waals surface area contributed by atoms with Gasteiger partial charge in [-0.3, -0.25) is 9.59 Å². The number of quaternary nitrogens is 1. The number of ether oxygens (including phenoxy) is 3. The van der Waals surface area contributed by atoms with Crippen LogP contribution in [0, 0.1) is 0 Å². The number of nitrogens with zero attached hydrogens (tertiary/aromatic N) is 1. The van der Waals surface area contributed by atoms with E-state index in [0.717, 1.165) is 77.0 Å². The Balaban J connectivity index is 4.55. The molecule has 66 heavy (non-hydrogen) atoms. The number of carbonyl (C=O) groups is 3. The van der Waals surface area contributed by atoms with Gasteiger partial charge in [0.05, 0.1) is 40.3 Å². The fraction of sp³-hybridized carbons (Fsp3) is 0.466. The van der Waals surface area contributed by atoms with Gasteiger partial charge in [0.1, 0.15) is 12.6 Å². The lowest BCUT2D eigenvalue weighted by atomic mass is 10.1. The Morgan fingerprint density at radius 1 is 0.470 bits per heavy atom. The number of hydrogen-bond donors (Lipinski definition) is 0. The summed E-state index contributed by atoms with van der Waals surface area (Å²) in [5.41, 5.74) is 0. The minimum absolute atomic E-state index is 0.0123. The molecule has 0 aliphatic carbocycles. The molecule has 2 atom stereocenters. The maximum atomic E-state index is 12.8. The van der Waals surface area contributed by atoms with Gasteiger partial charge in [-0.15, -0.1) is 0 Å². The summed E-state index contributed by atoms with van der Waals surface area (Å²) < 4.78 is 17.1. The summed E-state index contributed by atoms with van der Waals surface area (Å²) in [6.45, 7) is 4.25. The fourth-order valence-corrected chi connectivity index (χ4v) is 5.86. The molecule has 0 aromatic carbocycles. The molecule has 0 radical (unpaired) electrons. The summed E-state index contributed by atoms with van der Waals surface area (Å²) in [6.07, 6.45) is 71.0. The molecular formula is C58H85NO7. The summed E-state index contributed by atoms with van der Waals surface area (Å²) in [4.78, 5) is 37.0. The summed E-state index contributed by atoms with van der Waals surface area (Å²) in [5.74, 6) is -1.90. The van der Waals surface area contributed by atoms with Gasteiger partial charge in [-0.1, -0.05) is 190 Å². The van der Waals surface area contributed by atoms with Crippen LogP contribution in [-0.2, 0) is 28.6 Å². The van der Waals surface area contributed by atoms with Gasteiger partial charge >= 0.3 is 11.9 Å². The van der Waals surface area contributed by atoms with Crippen LogP contribution in [0.2, 0.25) is 0 Å². The molecule has 0 bridgehead atoms. The number of hydrogen-bond acceptors (Lipinski definition) is 7. The lowest BCUT2D eigenvalue weighted by molar-refractivity contribution is -0.889. The SMILES string of the molecule is CC/C=C/C=C/C=C/C=C/C=C/C=C/C=C/CCCCCC(=O)OCC(COCCC(C(=O)[O-])[N+](C)(C)C)OC(=O)CCC/C=C/C/C=C/C/C=C/C/C=C/C/C=C/C/C=C/C/C=C/CC. The number of likely N-dealkylation sites (N-methyl/N-ethyl adjacent to an activating group) is 1. The Morgan fingerprint density at radius 3 is 1.36 bits per heavy atom. The van der Waals surface area contributed by atoms with E-state index in [-0.39, 0.29) is 49.5 Å². The lowest BCUT2D eigenvalue weighted by Gasteiger charge is -2.34. The zero-order valence-corrected chi connectivity index (χ0v) is 41.3. The molecule has 8 nitrogen and oxygen atoms in total. The van der Waals surface area contributed by atoms with E-state index in [0.29, 0.717) is 12.8 Å². The standard InChI is InChI=1S/C58H85NO7/c1-6-8-10-12-14-16-18-20-22-24-26-27-28-29-31-33-35-37-39-41-43-45-47-49-57(61)66-54(52-64-51-50-55(58(62)63)59(3,4)5)53-65-56(60)48-46-44-42-40-38-36-34-32-30-25-23-21-19-17-15-13-11-9-7-2/h8-11,13-17,19-23,25-27,29-32,34-38,41,43,54-55H,6-7,12,18,24,28,33,39-40,42,44-53H2,1-5H3/b10-8+,11-9+,15-13+,16-14+,19-17+,22-20+,23-21+,27-26+,30-25+,31-29+,34-32+,37-35+,38-36+,43-41+. The third kappa shape index (κ3) is 43.9. The van der Waals surface area contributed by atoms with Gasteiger partial charge in [0, 0.05) is 19.3 Å². The van der Waals surface area contributed by atoms with Crippen LogP contribution in [0.15, 0.2) is 170 Å². The summed E-state index contributed by atoms with van der Waals surface area (Å²) in [6, 6.07) is -0.757. The molecule has 0 rings (SSSR count). The van der Waals surface area contributed by atoms with Gasteiger partial charge < -0.3 is 28.6 Å². The fourth-order valence-electron chi connectivity index (χ4n) is 5.86. The van der Waals surface area contributed by atoms with Gasteiger partial charge in [0.25, 0.3) is 0 Å². The zero-order chi connectivity index (χ0) is 48.4. The molecule has 0 saturated carbocycles. The van der Waals surface area contributed by atoms with Crippen molar-refractivity contribution in [1.29, 1.82) is 0 Å². The minimum atomic E-state index is -1.15. The first kappa shape index (κ1) is 60.7. The molecule has 0 aliphatic rings. The Morgan fingerprint density at radius 2 is 0.894 bits per heavy atom. The van der Waals surface area contributed by atoms with Crippen molar-refractivity contribution in [1.82, 2.24) is 0 Å². The normalized spacial score (nSPS) is 14.4. The second kappa shape index (κ2) is 46.2. The smallest absolute Gasteiger partial charge is 0.306 e. The van der Waals surface area contributed by atoms with Crippen molar-refractivity contribution in [3.8, 4) is 0 Å². The molecule has 8 heteroatoms. The molecule has 364 valence electrons. The Labute approximate surface area is 400 Å². The predicted molar refractivity (Wildman–Crippen MR) is 276 cm³/mol. The van der Waals surface area contributed by atoms with Crippen LogP contribution in [0.3, 0.4) is 0 Å². The number of carboxylic acid groups (broad SMARTS) is 1. The van der Waals surface area contributed by atoms with Crippen LogP contribution in [0.1, 0.15) is 123 Å². The molecule has 0 fully saturated rings. The second-order valence-corrected chi connectivity index (χ2v) is 16.4. The van der Waals surface area contributed by atoms with Crippen LogP contribution in [0.4, 0.5) is 0 Å². The number of carbonyl (C=O) groups excluding carboxylic acids is 3. The highest BCUT2D eigenvalue weighted by Crippen LogP contribution is 2.10. The third-order valence-electron chi connectivity index (χ3n) is 9.54. The van der Waals surface area contributed by atoms with E-state index in [1.54, 1.807) is 21.1 Å². The van der Waals surface area contributed by atoms with Crippen LogP contribution >= 0.6 is 0 Å². The highest BCUT2D eigenvalue weighted by Gasteiger charge is 2.25. The Kier molecular flexibility index (Phi) is 42.5. The van der Waals surface area contributed by atoms with E-state index in [4.69, 9.17) is 14.2 Å². The molecule has 0 aromatic rings. The number of unbranched alkanes of at least 4 members (excludes halogenated alkanes) is 4. The van der Waals surface area contributed by atoms with Crippen molar-refractivity contribution < 1.29 is 38.2 Å². The monoisotopic (exact) mass is 908 g/mol. The first-order chi connectivity index (χ1) is 32.1. The van der Waals surface area contributed by atoms with Gasteiger partial charge in [-0.25, -0.2) is 0 Å². The molecular weight excluding hydrogens is 823 g/mol. The number of carboxylic acids is 1. The number of allylic oxidation sites excluding steroid dienone is 28. The van der Waals surface area contributed by atoms with Crippen molar-refractivity contribution in [2.45, 2.75) is 135 Å². The van der Waals surface area contributed by atoms with Crippen LogP contribution in [-0.4, -0.2) is 75.5 Å². The summed E-state index contributed by atoms with van der Waals surface area (Å²) in [5, 5.41) is 11.7. The van der Waals surface area contributed by atoms with E-state index in [1.807, 2.05) is 72.9 Å². The third-order valence-corrected chi connectivity index (χ3v) is 9.54. The number of esters is 2. The molecule has 0 aromatic heterocycles. The van der Waals surface area contributed by atoms with E-state index in [9.17, 15) is 19.5 Å². The van der Waals surface area contributed by atoms with E-state index >= 15 is 0 Å². The second-order valence-electron chi connectivity index (χ2n) is 16.4. The van der Waals surface area contributed by atoms with Crippen molar-refractivity contribution in [2.24, 2.45) is 0 Å². The van der Waals surface area contributed by atoms with Gasteiger partial charge in [0.15, 0.2) is 6.10 Å². The largest absolute Gasteiger partial charge is 0.544 e. The van der Waals surface area contributed by atoms with Crippen molar-refractivity contribution in [2.75, 3.05) is 41.0 Å². The average Bonchev–Trinajstić information content (AvgIpc) is 3.28. The molecule has 2 unspecified atom stereocenters.